The molecule has 0 aromatic carbocycles. The molecule has 116 valence electrons. The van der Waals surface area contributed by atoms with Crippen molar-refractivity contribution >= 4 is 17.2 Å². The first-order valence-electron chi connectivity index (χ1n) is 8.23. The van der Waals surface area contributed by atoms with Crippen LogP contribution in [0.4, 0.5) is 0 Å². The third-order valence-corrected chi connectivity index (χ3v) is 5.85. The lowest BCUT2D eigenvalue weighted by Gasteiger charge is -2.37. The van der Waals surface area contributed by atoms with Gasteiger partial charge in [0, 0.05) is 19.0 Å². The van der Waals surface area contributed by atoms with E-state index in [2.05, 4.69) is 21.7 Å². The predicted octanol–water partition coefficient (Wildman–Crippen LogP) is 3.54. The SMILES string of the molecule is NCC1(CC(=O)N(Cc2ccsc2)C2CC2)CCCCC1. The lowest BCUT2D eigenvalue weighted by atomic mass is 9.71. The third-order valence-electron chi connectivity index (χ3n) is 5.11. The molecule has 0 aliphatic heterocycles. The van der Waals surface area contributed by atoms with Gasteiger partial charge in [-0.25, -0.2) is 0 Å². The van der Waals surface area contributed by atoms with Gasteiger partial charge in [0.15, 0.2) is 0 Å². The topological polar surface area (TPSA) is 46.3 Å². The Kier molecular flexibility index (Phi) is 4.65. The quantitative estimate of drug-likeness (QED) is 0.874. The first kappa shape index (κ1) is 15.0. The number of rotatable bonds is 6. The number of hydrogen-bond donors (Lipinski definition) is 1. The number of thiophene rings is 1. The number of nitrogens with zero attached hydrogens (tertiary/aromatic N) is 1. The van der Waals surface area contributed by atoms with Gasteiger partial charge in [-0.2, -0.15) is 11.3 Å². The highest BCUT2D eigenvalue weighted by atomic mass is 32.1. The molecule has 4 heteroatoms. The molecule has 3 rings (SSSR count). The van der Waals surface area contributed by atoms with Gasteiger partial charge in [0.1, 0.15) is 0 Å². The minimum Gasteiger partial charge on any atom is -0.335 e. The second-order valence-electron chi connectivity index (χ2n) is 6.83. The standard InChI is InChI=1S/C17H26N2OS/c18-13-17(7-2-1-3-8-17)10-16(20)19(15-4-5-15)11-14-6-9-21-12-14/h6,9,12,15H,1-5,7-8,10-11,13,18H2. The number of carbonyl (C=O) groups excluding carboxylic acids is 1. The van der Waals surface area contributed by atoms with Crippen LogP contribution >= 0.6 is 11.3 Å². The van der Waals surface area contributed by atoms with Gasteiger partial charge in [0.25, 0.3) is 0 Å². The van der Waals surface area contributed by atoms with E-state index in [0.29, 0.717) is 24.9 Å². The van der Waals surface area contributed by atoms with E-state index in [4.69, 9.17) is 5.73 Å². The van der Waals surface area contributed by atoms with E-state index in [1.165, 1.54) is 37.7 Å². The van der Waals surface area contributed by atoms with Crippen LogP contribution in [-0.4, -0.2) is 23.4 Å². The van der Waals surface area contributed by atoms with Crippen LogP contribution in [0.25, 0.3) is 0 Å². The van der Waals surface area contributed by atoms with Crippen LogP contribution in [0.5, 0.6) is 0 Å². The molecule has 2 aliphatic rings. The van der Waals surface area contributed by atoms with E-state index in [-0.39, 0.29) is 5.41 Å². The van der Waals surface area contributed by atoms with Gasteiger partial charge >= 0.3 is 0 Å². The van der Waals surface area contributed by atoms with Crippen molar-refractivity contribution in [2.75, 3.05) is 6.54 Å². The minimum absolute atomic E-state index is 0.0805. The molecule has 2 N–H and O–H groups in total. The number of hydrogen-bond acceptors (Lipinski definition) is 3. The van der Waals surface area contributed by atoms with Crippen LogP contribution in [0.1, 0.15) is 56.9 Å². The molecule has 3 nitrogen and oxygen atoms in total. The van der Waals surface area contributed by atoms with E-state index >= 15 is 0 Å². The lowest BCUT2D eigenvalue weighted by Crippen LogP contribution is -2.41. The van der Waals surface area contributed by atoms with Gasteiger partial charge in [0.05, 0.1) is 0 Å². The zero-order valence-electron chi connectivity index (χ0n) is 12.7. The molecule has 1 aromatic rings. The molecule has 1 heterocycles. The minimum atomic E-state index is 0.0805. The Bertz CT molecular complexity index is 461. The van der Waals surface area contributed by atoms with E-state index < -0.39 is 0 Å². The number of nitrogens with two attached hydrogens (primary N) is 1. The summed E-state index contributed by atoms with van der Waals surface area (Å²) in [6, 6.07) is 2.61. The molecule has 0 bridgehead atoms. The Hall–Kier alpha value is -0.870. The second-order valence-corrected chi connectivity index (χ2v) is 7.61. The second kappa shape index (κ2) is 6.49. The molecular weight excluding hydrogens is 280 g/mol. The van der Waals surface area contributed by atoms with Gasteiger partial charge < -0.3 is 10.6 Å². The molecule has 0 radical (unpaired) electrons. The molecule has 1 amide bonds. The molecule has 2 fully saturated rings. The van der Waals surface area contributed by atoms with Crippen molar-refractivity contribution in [3.8, 4) is 0 Å². The van der Waals surface area contributed by atoms with Crippen LogP contribution in [0, 0.1) is 5.41 Å². The first-order valence-corrected chi connectivity index (χ1v) is 9.17. The summed E-state index contributed by atoms with van der Waals surface area (Å²) >= 11 is 1.71. The summed E-state index contributed by atoms with van der Waals surface area (Å²) in [6.45, 7) is 1.45. The molecule has 1 aromatic heterocycles. The Morgan fingerprint density at radius 1 is 1.33 bits per heavy atom. The van der Waals surface area contributed by atoms with Crippen LogP contribution in [0.15, 0.2) is 16.8 Å². The number of carbonyl (C=O) groups is 1. The molecule has 0 spiro atoms. The summed E-state index contributed by atoms with van der Waals surface area (Å²) in [5.41, 5.74) is 7.40. The molecule has 0 atom stereocenters. The average Bonchev–Trinajstić information content (AvgIpc) is 3.22. The summed E-state index contributed by atoms with van der Waals surface area (Å²) in [4.78, 5) is 15.0. The van der Waals surface area contributed by atoms with E-state index in [0.717, 1.165) is 19.4 Å². The molecule has 2 saturated carbocycles. The van der Waals surface area contributed by atoms with Crippen molar-refractivity contribution in [3.63, 3.8) is 0 Å². The summed E-state index contributed by atoms with van der Waals surface area (Å²) in [6.07, 6.45) is 9.04. The van der Waals surface area contributed by atoms with Crippen molar-refractivity contribution < 1.29 is 4.79 Å². The van der Waals surface area contributed by atoms with Crippen molar-refractivity contribution in [2.24, 2.45) is 11.1 Å². The fourth-order valence-corrected chi connectivity index (χ4v) is 4.22. The van der Waals surface area contributed by atoms with Crippen molar-refractivity contribution in [1.29, 1.82) is 0 Å². The first-order chi connectivity index (χ1) is 10.2. The van der Waals surface area contributed by atoms with Crippen LogP contribution in [-0.2, 0) is 11.3 Å². The van der Waals surface area contributed by atoms with Crippen molar-refractivity contribution in [2.45, 2.75) is 64.0 Å². The maximum Gasteiger partial charge on any atom is 0.223 e. The Morgan fingerprint density at radius 3 is 2.67 bits per heavy atom. The Balaban J connectivity index is 1.66. The van der Waals surface area contributed by atoms with Gasteiger partial charge in [-0.1, -0.05) is 19.3 Å². The van der Waals surface area contributed by atoms with Gasteiger partial charge in [0.2, 0.25) is 5.91 Å². The summed E-state index contributed by atoms with van der Waals surface area (Å²) in [7, 11) is 0. The molecule has 21 heavy (non-hydrogen) atoms. The van der Waals surface area contributed by atoms with Crippen LogP contribution in [0.2, 0.25) is 0 Å². The maximum absolute atomic E-state index is 12.9. The van der Waals surface area contributed by atoms with E-state index in [9.17, 15) is 4.79 Å². The molecular formula is C17H26N2OS. The van der Waals surface area contributed by atoms with Crippen molar-refractivity contribution in [3.05, 3.63) is 22.4 Å². The largest absolute Gasteiger partial charge is 0.335 e. The normalized spacial score (nSPS) is 21.2. The van der Waals surface area contributed by atoms with Gasteiger partial charge in [-0.15, -0.1) is 0 Å². The zero-order chi connectivity index (χ0) is 14.7. The predicted molar refractivity (Wildman–Crippen MR) is 87.1 cm³/mol. The number of amides is 1. The van der Waals surface area contributed by atoms with Gasteiger partial charge in [-0.3, -0.25) is 4.79 Å². The highest BCUT2D eigenvalue weighted by molar-refractivity contribution is 7.07. The van der Waals surface area contributed by atoms with Crippen LogP contribution < -0.4 is 5.73 Å². The fourth-order valence-electron chi connectivity index (χ4n) is 3.56. The molecule has 2 aliphatic carbocycles. The molecule has 0 unspecified atom stereocenters. The summed E-state index contributed by atoms with van der Waals surface area (Å²) in [5, 5.41) is 4.25. The Labute approximate surface area is 131 Å². The van der Waals surface area contributed by atoms with Crippen molar-refractivity contribution in [1.82, 2.24) is 4.90 Å². The maximum atomic E-state index is 12.9. The Morgan fingerprint density at radius 2 is 2.10 bits per heavy atom. The van der Waals surface area contributed by atoms with E-state index in [1.54, 1.807) is 11.3 Å². The highest BCUT2D eigenvalue weighted by Crippen LogP contribution is 2.40. The summed E-state index contributed by atoms with van der Waals surface area (Å²) in [5.74, 6) is 0.330. The summed E-state index contributed by atoms with van der Waals surface area (Å²) < 4.78 is 0. The highest BCUT2D eigenvalue weighted by Gasteiger charge is 2.38. The monoisotopic (exact) mass is 306 g/mol. The molecule has 0 saturated heterocycles. The third kappa shape index (κ3) is 3.67. The van der Waals surface area contributed by atoms with Crippen LogP contribution in [0.3, 0.4) is 0 Å². The fraction of sp³-hybridized carbons (Fsp3) is 0.706. The van der Waals surface area contributed by atoms with Gasteiger partial charge in [-0.05, 0) is 60.0 Å². The average molecular weight is 306 g/mol. The zero-order valence-corrected chi connectivity index (χ0v) is 13.5. The lowest BCUT2D eigenvalue weighted by molar-refractivity contribution is -0.135. The smallest absolute Gasteiger partial charge is 0.223 e. The van der Waals surface area contributed by atoms with E-state index in [1.807, 2.05) is 0 Å².